The van der Waals surface area contributed by atoms with Crippen molar-refractivity contribution in [1.82, 2.24) is 0 Å². The molecule has 0 amide bonds. The van der Waals surface area contributed by atoms with E-state index < -0.39 is 0 Å². The Morgan fingerprint density at radius 3 is 2.67 bits per heavy atom. The van der Waals surface area contributed by atoms with Crippen LogP contribution in [0.5, 0.6) is 0 Å². The van der Waals surface area contributed by atoms with Gasteiger partial charge < -0.3 is 9.53 Å². The molecule has 0 aliphatic rings. The molecular formula is C7H14O2. The van der Waals surface area contributed by atoms with Crippen molar-refractivity contribution in [3.8, 4) is 0 Å². The van der Waals surface area contributed by atoms with E-state index in [0.29, 0.717) is 6.42 Å². The Kier molecular flexibility index (Phi) is 5.52. The summed E-state index contributed by atoms with van der Waals surface area (Å²) in [6.07, 6.45) is 3.67. The van der Waals surface area contributed by atoms with E-state index in [1.54, 1.807) is 7.11 Å². The van der Waals surface area contributed by atoms with Gasteiger partial charge in [0.25, 0.3) is 0 Å². The minimum atomic E-state index is 0.273. The summed E-state index contributed by atoms with van der Waals surface area (Å²) in [5.74, 6) is 0. The quantitative estimate of drug-likeness (QED) is 0.526. The number of aldehydes is 1. The molecule has 0 aliphatic heterocycles. The number of hydrogen-bond acceptors (Lipinski definition) is 2. The van der Waals surface area contributed by atoms with Gasteiger partial charge in [0.15, 0.2) is 0 Å². The highest BCUT2D eigenvalue weighted by atomic mass is 16.5. The molecule has 0 fully saturated rings. The van der Waals surface area contributed by atoms with E-state index in [4.69, 9.17) is 4.74 Å². The molecule has 0 rings (SSSR count). The molecule has 0 radical (unpaired) electrons. The summed E-state index contributed by atoms with van der Waals surface area (Å²) in [5, 5.41) is 0. The van der Waals surface area contributed by atoms with Gasteiger partial charge in [0, 0.05) is 13.5 Å². The summed E-state index contributed by atoms with van der Waals surface area (Å²) in [4.78, 5) is 9.89. The van der Waals surface area contributed by atoms with Crippen LogP contribution in [0.4, 0.5) is 0 Å². The monoisotopic (exact) mass is 130 g/mol. The number of carbonyl (C=O) groups excluding carboxylic acids is 1. The Morgan fingerprint density at radius 2 is 2.33 bits per heavy atom. The molecule has 0 aromatic rings. The second-order valence-electron chi connectivity index (χ2n) is 2.01. The number of carbonyl (C=O) groups is 1. The Labute approximate surface area is 56.2 Å². The third-order valence-electron chi connectivity index (χ3n) is 1.40. The van der Waals surface area contributed by atoms with Gasteiger partial charge in [-0.25, -0.2) is 0 Å². The van der Waals surface area contributed by atoms with E-state index in [1.165, 1.54) is 0 Å². The van der Waals surface area contributed by atoms with Crippen LogP contribution in [-0.4, -0.2) is 19.5 Å². The van der Waals surface area contributed by atoms with Gasteiger partial charge in [-0.2, -0.15) is 0 Å². The lowest BCUT2D eigenvalue weighted by Gasteiger charge is -2.09. The molecule has 0 N–H and O–H groups in total. The van der Waals surface area contributed by atoms with Crippen molar-refractivity contribution < 1.29 is 9.53 Å². The maximum atomic E-state index is 9.89. The molecular weight excluding hydrogens is 116 g/mol. The molecule has 1 atom stereocenters. The molecule has 0 aromatic carbocycles. The summed E-state index contributed by atoms with van der Waals surface area (Å²) in [6, 6.07) is 0. The molecule has 0 aliphatic carbocycles. The van der Waals surface area contributed by atoms with Crippen molar-refractivity contribution in [2.75, 3.05) is 7.11 Å². The van der Waals surface area contributed by atoms with Crippen LogP contribution < -0.4 is 0 Å². The highest BCUT2D eigenvalue weighted by Crippen LogP contribution is 2.02. The molecule has 54 valence electrons. The molecule has 0 saturated heterocycles. The average molecular weight is 130 g/mol. The van der Waals surface area contributed by atoms with E-state index in [2.05, 4.69) is 6.92 Å². The highest BCUT2D eigenvalue weighted by Gasteiger charge is 2.01. The number of ether oxygens (including phenoxy) is 1. The molecule has 2 heteroatoms. The molecule has 0 heterocycles. The van der Waals surface area contributed by atoms with Crippen molar-refractivity contribution in [3.63, 3.8) is 0 Å². The average Bonchev–Trinajstić information content (AvgIpc) is 1.91. The van der Waals surface area contributed by atoms with Crippen molar-refractivity contribution >= 4 is 6.29 Å². The van der Waals surface area contributed by atoms with Crippen LogP contribution in [0.25, 0.3) is 0 Å². The normalized spacial score (nSPS) is 13.1. The van der Waals surface area contributed by atoms with Gasteiger partial charge in [0.05, 0.1) is 6.10 Å². The summed E-state index contributed by atoms with van der Waals surface area (Å²) in [6.45, 7) is 2.05. The van der Waals surface area contributed by atoms with Gasteiger partial charge >= 0.3 is 0 Å². The first-order valence-corrected chi connectivity index (χ1v) is 3.31. The van der Waals surface area contributed by atoms with Gasteiger partial charge in [-0.15, -0.1) is 0 Å². The van der Waals surface area contributed by atoms with Crippen molar-refractivity contribution in [3.05, 3.63) is 0 Å². The third-order valence-corrected chi connectivity index (χ3v) is 1.40. The summed E-state index contributed by atoms with van der Waals surface area (Å²) in [7, 11) is 1.68. The number of rotatable bonds is 5. The van der Waals surface area contributed by atoms with Crippen molar-refractivity contribution in [1.29, 1.82) is 0 Å². The second kappa shape index (κ2) is 5.76. The molecule has 0 spiro atoms. The molecule has 0 aromatic heterocycles. The van der Waals surface area contributed by atoms with Crippen LogP contribution in [0.2, 0.25) is 0 Å². The fraction of sp³-hybridized carbons (Fsp3) is 0.857. The lowest BCUT2D eigenvalue weighted by Crippen LogP contribution is -2.08. The zero-order valence-electron chi connectivity index (χ0n) is 6.09. The fourth-order valence-corrected chi connectivity index (χ4v) is 0.743. The molecule has 1 unspecified atom stereocenters. The van der Waals surface area contributed by atoms with Gasteiger partial charge in [0.2, 0.25) is 0 Å². The molecule has 0 saturated carbocycles. The predicted molar refractivity (Wildman–Crippen MR) is 36.4 cm³/mol. The van der Waals surface area contributed by atoms with Gasteiger partial charge in [-0.1, -0.05) is 6.92 Å². The fourth-order valence-electron chi connectivity index (χ4n) is 0.743. The lowest BCUT2D eigenvalue weighted by molar-refractivity contribution is -0.108. The van der Waals surface area contributed by atoms with Crippen LogP contribution in [0.15, 0.2) is 0 Å². The van der Waals surface area contributed by atoms with Crippen LogP contribution >= 0.6 is 0 Å². The third kappa shape index (κ3) is 4.15. The lowest BCUT2D eigenvalue weighted by atomic mass is 10.2. The minimum Gasteiger partial charge on any atom is -0.381 e. The second-order valence-corrected chi connectivity index (χ2v) is 2.01. The largest absolute Gasteiger partial charge is 0.381 e. The van der Waals surface area contributed by atoms with Gasteiger partial charge in [-0.05, 0) is 12.8 Å². The zero-order chi connectivity index (χ0) is 7.11. The Balaban J connectivity index is 3.19. The Morgan fingerprint density at radius 1 is 1.67 bits per heavy atom. The standard InChI is InChI=1S/C7H14O2/c1-3-7(9-2)5-4-6-8/h6-7H,3-5H2,1-2H3. The first-order valence-electron chi connectivity index (χ1n) is 3.31. The van der Waals surface area contributed by atoms with E-state index in [1.807, 2.05) is 0 Å². The SMILES string of the molecule is CCC(CCC=O)OC. The van der Waals surface area contributed by atoms with Crippen LogP contribution in [0, 0.1) is 0 Å². The van der Waals surface area contributed by atoms with Crippen molar-refractivity contribution in [2.45, 2.75) is 32.3 Å². The molecule has 2 nitrogen and oxygen atoms in total. The van der Waals surface area contributed by atoms with Crippen molar-refractivity contribution in [2.24, 2.45) is 0 Å². The van der Waals surface area contributed by atoms with Gasteiger partial charge in [0.1, 0.15) is 6.29 Å². The first kappa shape index (κ1) is 8.63. The van der Waals surface area contributed by atoms with E-state index in [9.17, 15) is 4.79 Å². The van der Waals surface area contributed by atoms with Crippen LogP contribution in [0.3, 0.4) is 0 Å². The van der Waals surface area contributed by atoms with E-state index >= 15 is 0 Å². The van der Waals surface area contributed by atoms with E-state index in [0.717, 1.165) is 19.1 Å². The molecule has 0 bridgehead atoms. The predicted octanol–water partition coefficient (Wildman–Crippen LogP) is 1.39. The minimum absolute atomic E-state index is 0.273. The first-order chi connectivity index (χ1) is 4.35. The Hall–Kier alpha value is -0.370. The maximum Gasteiger partial charge on any atom is 0.120 e. The number of hydrogen-bond donors (Lipinski definition) is 0. The van der Waals surface area contributed by atoms with Gasteiger partial charge in [-0.3, -0.25) is 0 Å². The topological polar surface area (TPSA) is 26.3 Å². The summed E-state index contributed by atoms with van der Waals surface area (Å²) >= 11 is 0. The summed E-state index contributed by atoms with van der Waals surface area (Å²) < 4.78 is 5.04. The summed E-state index contributed by atoms with van der Waals surface area (Å²) in [5.41, 5.74) is 0. The Bertz CT molecular complexity index is 67.3. The zero-order valence-corrected chi connectivity index (χ0v) is 6.09. The van der Waals surface area contributed by atoms with Crippen LogP contribution in [0.1, 0.15) is 26.2 Å². The molecule has 9 heavy (non-hydrogen) atoms. The maximum absolute atomic E-state index is 9.89. The van der Waals surface area contributed by atoms with Crippen LogP contribution in [-0.2, 0) is 9.53 Å². The van der Waals surface area contributed by atoms with E-state index in [-0.39, 0.29) is 6.10 Å². The number of methoxy groups -OCH3 is 1. The highest BCUT2D eigenvalue weighted by molar-refractivity contribution is 5.49. The smallest absolute Gasteiger partial charge is 0.120 e.